The standard InChI is InChI=1S/C12H14N6O3/c1-16(2)12(19)8-17-7-9(5-14-17)15-11-4-3-10(6-13-11)18(20)21/h3-7H,8H2,1-2H3,(H,13,15). The molecule has 0 aromatic carbocycles. The Morgan fingerprint density at radius 2 is 2.19 bits per heavy atom. The largest absolute Gasteiger partial charge is 0.347 e. The minimum atomic E-state index is -0.512. The molecular formula is C12H14N6O3. The van der Waals surface area contributed by atoms with Crippen molar-refractivity contribution in [3.63, 3.8) is 0 Å². The molecule has 9 heteroatoms. The van der Waals surface area contributed by atoms with Crippen molar-refractivity contribution in [1.82, 2.24) is 19.7 Å². The number of likely N-dealkylation sites (N-methyl/N-ethyl adjacent to an activating group) is 1. The van der Waals surface area contributed by atoms with E-state index in [-0.39, 0.29) is 18.1 Å². The van der Waals surface area contributed by atoms with Gasteiger partial charge in [0.15, 0.2) is 0 Å². The topological polar surface area (TPSA) is 106 Å². The molecule has 2 heterocycles. The van der Waals surface area contributed by atoms with Crippen LogP contribution in [0, 0.1) is 10.1 Å². The number of anilines is 2. The summed E-state index contributed by atoms with van der Waals surface area (Å²) in [5.41, 5.74) is 0.565. The number of hydrogen-bond acceptors (Lipinski definition) is 6. The quantitative estimate of drug-likeness (QED) is 0.651. The molecule has 0 atom stereocenters. The number of hydrogen-bond donors (Lipinski definition) is 1. The smallest absolute Gasteiger partial charge is 0.287 e. The molecule has 0 aliphatic rings. The maximum atomic E-state index is 11.5. The number of nitro groups is 1. The first-order chi connectivity index (χ1) is 9.95. The first-order valence-corrected chi connectivity index (χ1v) is 6.06. The summed E-state index contributed by atoms with van der Waals surface area (Å²) in [4.78, 5) is 27.0. The average molecular weight is 290 g/mol. The fraction of sp³-hybridized carbons (Fsp3) is 0.250. The zero-order valence-electron chi connectivity index (χ0n) is 11.6. The van der Waals surface area contributed by atoms with E-state index in [1.807, 2.05) is 0 Å². The summed E-state index contributed by atoms with van der Waals surface area (Å²) in [6.07, 6.45) is 4.37. The van der Waals surface area contributed by atoms with Crippen LogP contribution in [0.2, 0.25) is 0 Å². The highest BCUT2D eigenvalue weighted by atomic mass is 16.6. The fourth-order valence-corrected chi connectivity index (χ4v) is 1.51. The summed E-state index contributed by atoms with van der Waals surface area (Å²) in [5, 5.41) is 17.5. The Morgan fingerprint density at radius 1 is 1.43 bits per heavy atom. The molecule has 0 saturated heterocycles. The lowest BCUT2D eigenvalue weighted by Crippen LogP contribution is -2.26. The maximum absolute atomic E-state index is 11.5. The van der Waals surface area contributed by atoms with Crippen molar-refractivity contribution >= 4 is 23.1 Å². The van der Waals surface area contributed by atoms with Crippen LogP contribution in [0.15, 0.2) is 30.7 Å². The van der Waals surface area contributed by atoms with Crippen LogP contribution < -0.4 is 5.32 Å². The van der Waals surface area contributed by atoms with E-state index in [4.69, 9.17) is 0 Å². The molecule has 21 heavy (non-hydrogen) atoms. The van der Waals surface area contributed by atoms with Gasteiger partial charge in [-0.2, -0.15) is 5.10 Å². The summed E-state index contributed by atoms with van der Waals surface area (Å²) < 4.78 is 1.50. The van der Waals surface area contributed by atoms with Gasteiger partial charge in [0.1, 0.15) is 18.6 Å². The molecule has 0 saturated carbocycles. The monoisotopic (exact) mass is 290 g/mol. The van der Waals surface area contributed by atoms with Crippen molar-refractivity contribution in [3.05, 3.63) is 40.8 Å². The van der Waals surface area contributed by atoms with Crippen molar-refractivity contribution in [3.8, 4) is 0 Å². The molecule has 0 unspecified atom stereocenters. The summed E-state index contributed by atoms with van der Waals surface area (Å²) >= 11 is 0. The Bertz CT molecular complexity index is 649. The van der Waals surface area contributed by atoms with Gasteiger partial charge < -0.3 is 10.2 Å². The lowest BCUT2D eigenvalue weighted by atomic mass is 10.4. The van der Waals surface area contributed by atoms with Gasteiger partial charge in [-0.3, -0.25) is 19.6 Å². The van der Waals surface area contributed by atoms with Crippen LogP contribution in [0.25, 0.3) is 0 Å². The third kappa shape index (κ3) is 3.75. The number of aromatic nitrogens is 3. The van der Waals surface area contributed by atoms with Gasteiger partial charge in [0.2, 0.25) is 5.91 Å². The Balaban J connectivity index is 2.02. The number of rotatable bonds is 5. The minimum absolute atomic E-state index is 0.0712. The molecule has 1 N–H and O–H groups in total. The number of amides is 1. The van der Waals surface area contributed by atoms with E-state index in [9.17, 15) is 14.9 Å². The zero-order chi connectivity index (χ0) is 15.4. The predicted octanol–water partition coefficient (Wildman–Crippen LogP) is 1.02. The van der Waals surface area contributed by atoms with Gasteiger partial charge in [0, 0.05) is 26.4 Å². The van der Waals surface area contributed by atoms with Crippen LogP contribution in [-0.4, -0.2) is 44.6 Å². The summed E-state index contributed by atoms with van der Waals surface area (Å²) in [7, 11) is 3.34. The first-order valence-electron chi connectivity index (χ1n) is 6.06. The van der Waals surface area contributed by atoms with E-state index in [0.717, 1.165) is 0 Å². The Kier molecular flexibility index (Phi) is 4.12. The van der Waals surface area contributed by atoms with Crippen LogP contribution in [-0.2, 0) is 11.3 Å². The molecular weight excluding hydrogens is 276 g/mol. The second kappa shape index (κ2) is 5.99. The van der Waals surface area contributed by atoms with Crippen molar-refractivity contribution in [2.24, 2.45) is 0 Å². The van der Waals surface area contributed by atoms with Gasteiger partial charge in [-0.25, -0.2) is 4.98 Å². The van der Waals surface area contributed by atoms with Crippen molar-refractivity contribution in [2.75, 3.05) is 19.4 Å². The highest BCUT2D eigenvalue weighted by Crippen LogP contribution is 2.16. The van der Waals surface area contributed by atoms with E-state index < -0.39 is 4.92 Å². The van der Waals surface area contributed by atoms with Crippen LogP contribution in [0.1, 0.15) is 0 Å². The summed E-state index contributed by atoms with van der Waals surface area (Å²) in [5.74, 6) is 0.386. The van der Waals surface area contributed by atoms with Crippen LogP contribution >= 0.6 is 0 Å². The van der Waals surface area contributed by atoms with Gasteiger partial charge in [0.05, 0.1) is 16.8 Å². The molecule has 9 nitrogen and oxygen atoms in total. The first kappa shape index (κ1) is 14.4. The Labute approximate surface area is 120 Å². The average Bonchev–Trinajstić information content (AvgIpc) is 2.86. The number of nitrogens with zero attached hydrogens (tertiary/aromatic N) is 5. The molecule has 0 radical (unpaired) electrons. The van der Waals surface area contributed by atoms with Gasteiger partial charge in [-0.15, -0.1) is 0 Å². The number of nitrogens with one attached hydrogen (secondary N) is 1. The molecule has 0 spiro atoms. The normalized spacial score (nSPS) is 10.2. The number of carbonyl (C=O) groups is 1. The predicted molar refractivity (Wildman–Crippen MR) is 75.1 cm³/mol. The van der Waals surface area contributed by atoms with Gasteiger partial charge in [-0.05, 0) is 6.07 Å². The molecule has 0 aliphatic heterocycles. The number of pyridine rings is 1. The lowest BCUT2D eigenvalue weighted by molar-refractivity contribution is -0.385. The van der Waals surface area contributed by atoms with Crippen molar-refractivity contribution in [1.29, 1.82) is 0 Å². The van der Waals surface area contributed by atoms with Crippen molar-refractivity contribution < 1.29 is 9.72 Å². The second-order valence-electron chi connectivity index (χ2n) is 4.50. The molecule has 0 aliphatic carbocycles. The summed E-state index contributed by atoms with van der Waals surface area (Å²) in [6.45, 7) is 0.141. The third-order valence-corrected chi connectivity index (χ3v) is 2.66. The van der Waals surface area contributed by atoms with Gasteiger partial charge >= 0.3 is 0 Å². The van der Waals surface area contributed by atoms with E-state index in [1.165, 1.54) is 27.9 Å². The second-order valence-corrected chi connectivity index (χ2v) is 4.50. The minimum Gasteiger partial charge on any atom is -0.347 e. The van der Waals surface area contributed by atoms with Gasteiger partial charge in [0.25, 0.3) is 5.69 Å². The Morgan fingerprint density at radius 3 is 2.76 bits per heavy atom. The van der Waals surface area contributed by atoms with E-state index >= 15 is 0 Å². The lowest BCUT2D eigenvalue weighted by Gasteiger charge is -2.09. The molecule has 0 bridgehead atoms. The van der Waals surface area contributed by atoms with Crippen LogP contribution in [0.4, 0.5) is 17.2 Å². The molecule has 1 amide bonds. The van der Waals surface area contributed by atoms with E-state index in [2.05, 4.69) is 15.4 Å². The molecule has 2 rings (SSSR count). The highest BCUT2D eigenvalue weighted by Gasteiger charge is 2.08. The molecule has 2 aromatic rings. The third-order valence-electron chi connectivity index (χ3n) is 2.66. The maximum Gasteiger partial charge on any atom is 0.287 e. The van der Waals surface area contributed by atoms with Gasteiger partial charge in [-0.1, -0.05) is 0 Å². The molecule has 110 valence electrons. The zero-order valence-corrected chi connectivity index (χ0v) is 11.6. The molecule has 2 aromatic heterocycles. The SMILES string of the molecule is CN(C)C(=O)Cn1cc(Nc2ccc([N+](=O)[O-])cn2)cn1. The number of carbonyl (C=O) groups excluding carboxylic acids is 1. The summed E-state index contributed by atoms with van der Waals surface area (Å²) in [6, 6.07) is 2.86. The molecule has 0 fully saturated rings. The van der Waals surface area contributed by atoms with Crippen LogP contribution in [0.3, 0.4) is 0 Å². The van der Waals surface area contributed by atoms with E-state index in [1.54, 1.807) is 26.5 Å². The Hall–Kier alpha value is -2.97. The van der Waals surface area contributed by atoms with E-state index in [0.29, 0.717) is 11.5 Å². The van der Waals surface area contributed by atoms with Crippen molar-refractivity contribution in [2.45, 2.75) is 6.54 Å². The van der Waals surface area contributed by atoms with Crippen LogP contribution in [0.5, 0.6) is 0 Å². The highest BCUT2D eigenvalue weighted by molar-refractivity contribution is 5.75. The fourth-order valence-electron chi connectivity index (χ4n) is 1.51.